The van der Waals surface area contributed by atoms with Crippen molar-refractivity contribution in [2.24, 2.45) is 5.92 Å². The molecule has 2 heteroatoms. The Hall–Kier alpha value is -1.31. The van der Waals surface area contributed by atoms with Gasteiger partial charge in [0.2, 0.25) is 0 Å². The molecule has 1 N–H and O–H groups in total. The fraction of sp³-hybridized carbons (Fsp3) is 0.533. The summed E-state index contributed by atoms with van der Waals surface area (Å²) in [4.78, 5) is 0. The van der Waals surface area contributed by atoms with Crippen LogP contribution in [0.4, 0.5) is 0 Å². The lowest BCUT2D eigenvalue weighted by Crippen LogP contribution is -2.11. The number of nitrogens with one attached hydrogen (secondary N) is 1. The van der Waals surface area contributed by atoms with E-state index in [-0.39, 0.29) is 0 Å². The maximum Gasteiger partial charge on any atom is 0.118 e. The normalized spacial score (nSPS) is 12.2. The van der Waals surface area contributed by atoms with Crippen LogP contribution in [0, 0.1) is 11.3 Å². The van der Waals surface area contributed by atoms with Gasteiger partial charge in [0.15, 0.2) is 0 Å². The molecule has 1 atom stereocenters. The van der Waals surface area contributed by atoms with Gasteiger partial charge >= 0.3 is 0 Å². The quantitative estimate of drug-likeness (QED) is 0.553. The molecule has 1 rings (SSSR count). The van der Waals surface area contributed by atoms with E-state index >= 15 is 0 Å². The molecule has 1 aromatic rings. The molecule has 0 radical (unpaired) electrons. The minimum Gasteiger partial charge on any atom is -0.497 e. The van der Waals surface area contributed by atoms with Crippen LogP contribution in [0.3, 0.4) is 0 Å². The molecule has 0 fully saturated rings. The molecule has 0 aliphatic heterocycles. The monoisotopic (exact) mass is 233 g/mol. The molecule has 0 saturated carbocycles. The van der Waals surface area contributed by atoms with E-state index < -0.39 is 0 Å². The minimum absolute atomic E-state index is 0.343. The predicted molar refractivity (Wildman–Crippen MR) is 73.1 cm³/mol. The number of benzene rings is 1. The molecule has 2 nitrogen and oxygen atoms in total. The van der Waals surface area contributed by atoms with Gasteiger partial charge in [-0.3, -0.25) is 0 Å². The standard InChI is InChI=1S/C15H23NO/c1-4-5-6-7-12(2)15(16)13-8-10-14(17-3)11-9-13/h8-12,16H,4-7H2,1-3H3. The fourth-order valence-electron chi connectivity index (χ4n) is 1.90. The molecule has 0 aliphatic rings. The van der Waals surface area contributed by atoms with Crippen LogP contribution in [0.2, 0.25) is 0 Å². The summed E-state index contributed by atoms with van der Waals surface area (Å²) in [5, 5.41) is 8.16. The molecular formula is C15H23NO. The largest absolute Gasteiger partial charge is 0.497 e. The summed E-state index contributed by atoms with van der Waals surface area (Å²) < 4.78 is 5.12. The van der Waals surface area contributed by atoms with E-state index in [1.807, 2.05) is 24.3 Å². The van der Waals surface area contributed by atoms with Crippen molar-refractivity contribution in [3.8, 4) is 5.75 Å². The first kappa shape index (κ1) is 13.8. The Labute approximate surface area is 105 Å². The Bertz CT molecular complexity index is 342. The zero-order valence-corrected chi connectivity index (χ0v) is 11.1. The average molecular weight is 233 g/mol. The van der Waals surface area contributed by atoms with Gasteiger partial charge in [-0.15, -0.1) is 0 Å². The maximum absolute atomic E-state index is 8.16. The molecule has 0 spiro atoms. The highest BCUT2D eigenvalue weighted by molar-refractivity contribution is 5.99. The topological polar surface area (TPSA) is 33.1 Å². The lowest BCUT2D eigenvalue weighted by molar-refractivity contribution is 0.415. The second-order valence-corrected chi connectivity index (χ2v) is 4.54. The molecule has 0 bridgehead atoms. The van der Waals surface area contributed by atoms with Gasteiger partial charge in [-0.25, -0.2) is 0 Å². The van der Waals surface area contributed by atoms with Crippen molar-refractivity contribution in [2.45, 2.75) is 39.5 Å². The van der Waals surface area contributed by atoms with Crippen LogP contribution >= 0.6 is 0 Å². The van der Waals surface area contributed by atoms with E-state index in [9.17, 15) is 0 Å². The van der Waals surface area contributed by atoms with Gasteiger partial charge in [0.25, 0.3) is 0 Å². The van der Waals surface area contributed by atoms with Crippen LogP contribution < -0.4 is 4.74 Å². The number of methoxy groups -OCH3 is 1. The Kier molecular flexibility index (Phi) is 5.75. The Morgan fingerprint density at radius 1 is 1.24 bits per heavy atom. The number of unbranched alkanes of at least 4 members (excludes halogenated alkanes) is 2. The van der Waals surface area contributed by atoms with Crippen molar-refractivity contribution in [1.29, 1.82) is 5.41 Å². The first-order valence-corrected chi connectivity index (χ1v) is 6.42. The number of hydrogen-bond acceptors (Lipinski definition) is 2. The highest BCUT2D eigenvalue weighted by Gasteiger charge is 2.10. The lowest BCUT2D eigenvalue weighted by Gasteiger charge is -2.13. The Morgan fingerprint density at radius 2 is 1.88 bits per heavy atom. The molecule has 0 amide bonds. The third kappa shape index (κ3) is 4.22. The average Bonchev–Trinajstić information content (AvgIpc) is 2.38. The van der Waals surface area contributed by atoms with E-state index in [4.69, 9.17) is 10.1 Å². The van der Waals surface area contributed by atoms with Crippen LogP contribution in [0.25, 0.3) is 0 Å². The molecule has 0 aromatic heterocycles. The zero-order chi connectivity index (χ0) is 12.7. The van der Waals surface area contributed by atoms with Crippen molar-refractivity contribution < 1.29 is 4.74 Å². The summed E-state index contributed by atoms with van der Waals surface area (Å²) in [5.41, 5.74) is 1.75. The van der Waals surface area contributed by atoms with Gasteiger partial charge in [0, 0.05) is 5.71 Å². The highest BCUT2D eigenvalue weighted by atomic mass is 16.5. The van der Waals surface area contributed by atoms with Crippen LogP contribution in [-0.2, 0) is 0 Å². The van der Waals surface area contributed by atoms with Crippen LogP contribution in [0.1, 0.15) is 45.1 Å². The summed E-state index contributed by atoms with van der Waals surface area (Å²) >= 11 is 0. The van der Waals surface area contributed by atoms with Crippen LogP contribution in [-0.4, -0.2) is 12.8 Å². The third-order valence-corrected chi connectivity index (χ3v) is 3.13. The van der Waals surface area contributed by atoms with E-state index in [1.165, 1.54) is 19.3 Å². The summed E-state index contributed by atoms with van der Waals surface area (Å²) in [7, 11) is 1.66. The van der Waals surface area contributed by atoms with Gasteiger partial charge in [0.05, 0.1) is 7.11 Å². The first-order valence-electron chi connectivity index (χ1n) is 6.42. The van der Waals surface area contributed by atoms with E-state index in [0.29, 0.717) is 5.92 Å². The van der Waals surface area contributed by atoms with E-state index in [0.717, 1.165) is 23.4 Å². The summed E-state index contributed by atoms with van der Waals surface area (Å²) in [6.07, 6.45) is 4.83. The lowest BCUT2D eigenvalue weighted by atomic mass is 9.93. The van der Waals surface area contributed by atoms with Gasteiger partial charge in [-0.2, -0.15) is 0 Å². The molecule has 1 aromatic carbocycles. The number of hydrogen-bond donors (Lipinski definition) is 1. The van der Waals surface area contributed by atoms with Gasteiger partial charge in [-0.1, -0.05) is 33.1 Å². The second kappa shape index (κ2) is 7.10. The predicted octanol–water partition coefficient (Wildman–Crippen LogP) is 4.28. The molecule has 1 unspecified atom stereocenters. The summed E-state index contributed by atoms with van der Waals surface area (Å²) in [5.74, 6) is 1.19. The molecule has 0 heterocycles. The van der Waals surface area contributed by atoms with Crippen molar-refractivity contribution in [2.75, 3.05) is 7.11 Å². The fourth-order valence-corrected chi connectivity index (χ4v) is 1.90. The minimum atomic E-state index is 0.343. The number of ether oxygens (including phenoxy) is 1. The van der Waals surface area contributed by atoms with Gasteiger partial charge in [0.1, 0.15) is 5.75 Å². The van der Waals surface area contributed by atoms with E-state index in [1.54, 1.807) is 7.11 Å². The molecule has 0 saturated heterocycles. The maximum atomic E-state index is 8.16. The van der Waals surface area contributed by atoms with Crippen molar-refractivity contribution >= 4 is 5.71 Å². The molecular weight excluding hydrogens is 210 g/mol. The Morgan fingerprint density at radius 3 is 2.41 bits per heavy atom. The number of rotatable bonds is 7. The van der Waals surface area contributed by atoms with E-state index in [2.05, 4.69) is 13.8 Å². The smallest absolute Gasteiger partial charge is 0.118 e. The molecule has 94 valence electrons. The van der Waals surface area contributed by atoms with Gasteiger partial charge < -0.3 is 10.1 Å². The van der Waals surface area contributed by atoms with Crippen LogP contribution in [0.15, 0.2) is 24.3 Å². The Balaban J connectivity index is 2.55. The SMILES string of the molecule is CCCCCC(C)C(=N)c1ccc(OC)cc1. The van der Waals surface area contributed by atoms with Crippen molar-refractivity contribution in [3.05, 3.63) is 29.8 Å². The molecule has 0 aliphatic carbocycles. The van der Waals surface area contributed by atoms with Crippen LogP contribution in [0.5, 0.6) is 5.75 Å². The third-order valence-electron chi connectivity index (χ3n) is 3.13. The highest BCUT2D eigenvalue weighted by Crippen LogP contribution is 2.18. The zero-order valence-electron chi connectivity index (χ0n) is 11.1. The van der Waals surface area contributed by atoms with Gasteiger partial charge in [-0.05, 0) is 42.2 Å². The van der Waals surface area contributed by atoms with Crippen molar-refractivity contribution in [1.82, 2.24) is 0 Å². The first-order chi connectivity index (χ1) is 8.19. The molecule has 17 heavy (non-hydrogen) atoms. The second-order valence-electron chi connectivity index (χ2n) is 4.54. The van der Waals surface area contributed by atoms with Crippen molar-refractivity contribution in [3.63, 3.8) is 0 Å². The summed E-state index contributed by atoms with van der Waals surface area (Å²) in [6, 6.07) is 7.78. The summed E-state index contributed by atoms with van der Waals surface area (Å²) in [6.45, 7) is 4.35.